The second-order valence-corrected chi connectivity index (χ2v) is 7.51. The van der Waals surface area contributed by atoms with E-state index in [0.29, 0.717) is 11.6 Å². The van der Waals surface area contributed by atoms with E-state index in [1.54, 1.807) is 6.20 Å². The summed E-state index contributed by atoms with van der Waals surface area (Å²) < 4.78 is 18.1. The Bertz CT molecular complexity index is 1390. The Labute approximate surface area is 196 Å². The largest absolute Gasteiger partial charge is 0.455 e. The van der Waals surface area contributed by atoms with Gasteiger partial charge < -0.3 is 15.4 Å². The molecule has 0 aliphatic carbocycles. The molecule has 8 heteroatoms. The number of ether oxygens (including phenoxy) is 1. The molecule has 0 aliphatic rings. The van der Waals surface area contributed by atoms with Crippen LogP contribution in [0.4, 0.5) is 15.9 Å². The van der Waals surface area contributed by atoms with E-state index in [1.165, 1.54) is 6.33 Å². The molecule has 1 amide bonds. The summed E-state index contributed by atoms with van der Waals surface area (Å²) in [5.41, 5.74) is 4.21. The predicted octanol–water partition coefficient (Wildman–Crippen LogP) is 4.61. The molecule has 0 saturated heterocycles. The molecule has 0 spiro atoms. The standard InChI is InChI=1S/C26H22FN5O2/c1-17-12-20(7-10-24(17)34-21-8-5-18(2)29-15-21)32-26-22-13-19(4-3-11-28-25(33)14-27)6-9-23(22)30-16-31-26/h5-10,12-13,15-16H,11,14H2,1-2H3,(H,28,33)(H,30,31,32). The molecular formula is C26H22FN5O2. The lowest BCUT2D eigenvalue weighted by atomic mass is 10.1. The number of nitrogens with zero attached hydrogens (tertiary/aromatic N) is 3. The quantitative estimate of drug-likeness (QED) is 0.413. The third-order valence-electron chi connectivity index (χ3n) is 4.91. The molecule has 2 aromatic carbocycles. The molecular weight excluding hydrogens is 433 g/mol. The van der Waals surface area contributed by atoms with E-state index in [4.69, 9.17) is 4.74 Å². The Balaban J connectivity index is 1.53. The fraction of sp³-hybridized carbons (Fsp3) is 0.154. The van der Waals surface area contributed by atoms with Crippen LogP contribution in [0.15, 0.2) is 61.1 Å². The lowest BCUT2D eigenvalue weighted by molar-refractivity contribution is -0.121. The summed E-state index contributed by atoms with van der Waals surface area (Å²) in [5, 5.41) is 6.51. The van der Waals surface area contributed by atoms with Crippen LogP contribution in [0.3, 0.4) is 0 Å². The molecule has 0 fully saturated rings. The average Bonchev–Trinajstić information content (AvgIpc) is 2.85. The van der Waals surface area contributed by atoms with Crippen LogP contribution in [0.5, 0.6) is 11.5 Å². The highest BCUT2D eigenvalue weighted by molar-refractivity contribution is 5.91. The van der Waals surface area contributed by atoms with E-state index < -0.39 is 12.6 Å². The first-order valence-corrected chi connectivity index (χ1v) is 10.6. The van der Waals surface area contributed by atoms with Gasteiger partial charge in [-0.3, -0.25) is 9.78 Å². The SMILES string of the molecule is Cc1ccc(Oc2ccc(Nc3ncnc4ccc(C#CCNC(=O)CF)cc34)cc2C)cn1. The summed E-state index contributed by atoms with van der Waals surface area (Å²) in [6, 6.07) is 15.1. The fourth-order valence-corrected chi connectivity index (χ4v) is 3.19. The van der Waals surface area contributed by atoms with Crippen molar-refractivity contribution in [3.63, 3.8) is 0 Å². The van der Waals surface area contributed by atoms with Gasteiger partial charge in [0, 0.05) is 22.3 Å². The molecule has 170 valence electrons. The third kappa shape index (κ3) is 5.64. The van der Waals surface area contributed by atoms with E-state index in [1.807, 2.05) is 62.4 Å². The highest BCUT2D eigenvalue weighted by atomic mass is 19.1. The third-order valence-corrected chi connectivity index (χ3v) is 4.91. The maximum atomic E-state index is 12.2. The molecule has 4 aromatic rings. The summed E-state index contributed by atoms with van der Waals surface area (Å²) in [6.45, 7) is 2.91. The van der Waals surface area contributed by atoms with Crippen LogP contribution in [-0.2, 0) is 4.79 Å². The second kappa shape index (κ2) is 10.4. The number of anilines is 2. The van der Waals surface area contributed by atoms with Gasteiger partial charge in [0.15, 0.2) is 6.67 Å². The van der Waals surface area contributed by atoms with Gasteiger partial charge in [-0.2, -0.15) is 0 Å². The predicted molar refractivity (Wildman–Crippen MR) is 129 cm³/mol. The number of benzene rings is 2. The molecule has 2 heterocycles. The molecule has 0 saturated carbocycles. The number of rotatable bonds is 6. The second-order valence-electron chi connectivity index (χ2n) is 7.51. The number of carbonyl (C=O) groups excluding carboxylic acids is 1. The first kappa shape index (κ1) is 22.7. The smallest absolute Gasteiger partial charge is 0.252 e. The zero-order valence-corrected chi connectivity index (χ0v) is 18.7. The van der Waals surface area contributed by atoms with Crippen LogP contribution < -0.4 is 15.4 Å². The number of nitrogens with one attached hydrogen (secondary N) is 2. The summed E-state index contributed by atoms with van der Waals surface area (Å²) in [6.07, 6.45) is 3.20. The van der Waals surface area contributed by atoms with E-state index in [9.17, 15) is 9.18 Å². The van der Waals surface area contributed by atoms with Gasteiger partial charge in [-0.15, -0.1) is 0 Å². The van der Waals surface area contributed by atoms with Gasteiger partial charge in [-0.1, -0.05) is 11.8 Å². The molecule has 7 nitrogen and oxygen atoms in total. The highest BCUT2D eigenvalue weighted by Gasteiger charge is 2.08. The Morgan fingerprint density at radius 1 is 1.06 bits per heavy atom. The number of halogens is 1. The monoisotopic (exact) mass is 455 g/mol. The Morgan fingerprint density at radius 2 is 1.94 bits per heavy atom. The van der Waals surface area contributed by atoms with Crippen molar-refractivity contribution < 1.29 is 13.9 Å². The van der Waals surface area contributed by atoms with E-state index in [2.05, 4.69) is 37.4 Å². The first-order chi connectivity index (χ1) is 16.5. The fourth-order valence-electron chi connectivity index (χ4n) is 3.19. The van der Waals surface area contributed by atoms with Gasteiger partial charge in [0.25, 0.3) is 5.91 Å². The molecule has 2 N–H and O–H groups in total. The summed E-state index contributed by atoms with van der Waals surface area (Å²) in [7, 11) is 0. The van der Waals surface area contributed by atoms with Gasteiger partial charge in [-0.05, 0) is 67.9 Å². The van der Waals surface area contributed by atoms with Crippen molar-refractivity contribution in [3.05, 3.63) is 77.9 Å². The number of carbonyl (C=O) groups is 1. The average molecular weight is 455 g/mol. The number of hydrogen-bond donors (Lipinski definition) is 2. The Kier molecular flexibility index (Phi) is 6.94. The van der Waals surface area contributed by atoms with E-state index >= 15 is 0 Å². The molecule has 2 aromatic heterocycles. The summed E-state index contributed by atoms with van der Waals surface area (Å²) in [5.74, 6) is 7.13. The topological polar surface area (TPSA) is 89.0 Å². The van der Waals surface area contributed by atoms with Gasteiger partial charge in [0.05, 0.1) is 18.3 Å². The lowest BCUT2D eigenvalue weighted by Gasteiger charge is -2.12. The normalized spacial score (nSPS) is 10.3. The maximum Gasteiger partial charge on any atom is 0.252 e. The van der Waals surface area contributed by atoms with Crippen molar-refractivity contribution in [2.24, 2.45) is 0 Å². The Hall–Kier alpha value is -4.51. The van der Waals surface area contributed by atoms with Gasteiger partial charge in [0.1, 0.15) is 23.6 Å². The first-order valence-electron chi connectivity index (χ1n) is 10.6. The number of alkyl halides is 1. The van der Waals surface area contributed by atoms with Gasteiger partial charge in [-0.25, -0.2) is 14.4 Å². The Morgan fingerprint density at radius 3 is 2.71 bits per heavy atom. The molecule has 0 bridgehead atoms. The number of aryl methyl sites for hydroxylation is 2. The zero-order valence-electron chi connectivity index (χ0n) is 18.7. The minimum absolute atomic E-state index is 0.0730. The van der Waals surface area contributed by atoms with Crippen molar-refractivity contribution in [2.75, 3.05) is 18.5 Å². The zero-order chi connectivity index (χ0) is 23.9. The van der Waals surface area contributed by atoms with Crippen LogP contribution in [0.2, 0.25) is 0 Å². The lowest BCUT2D eigenvalue weighted by Crippen LogP contribution is -2.24. The van der Waals surface area contributed by atoms with Crippen molar-refractivity contribution in [1.82, 2.24) is 20.3 Å². The van der Waals surface area contributed by atoms with Crippen LogP contribution in [0, 0.1) is 25.7 Å². The number of aromatic nitrogens is 3. The number of hydrogen-bond acceptors (Lipinski definition) is 6. The molecule has 34 heavy (non-hydrogen) atoms. The summed E-state index contributed by atoms with van der Waals surface area (Å²) in [4.78, 5) is 23.9. The minimum Gasteiger partial charge on any atom is -0.455 e. The highest BCUT2D eigenvalue weighted by Crippen LogP contribution is 2.29. The number of fused-ring (bicyclic) bond motifs is 1. The van der Waals surface area contributed by atoms with Gasteiger partial charge in [0.2, 0.25) is 0 Å². The minimum atomic E-state index is -1.06. The van der Waals surface area contributed by atoms with Crippen molar-refractivity contribution in [2.45, 2.75) is 13.8 Å². The van der Waals surface area contributed by atoms with Crippen LogP contribution in [0.1, 0.15) is 16.8 Å². The van der Waals surface area contributed by atoms with Crippen LogP contribution in [0.25, 0.3) is 10.9 Å². The molecule has 4 rings (SSSR count). The molecule has 0 atom stereocenters. The maximum absolute atomic E-state index is 12.2. The number of amides is 1. The van der Waals surface area contributed by atoms with Gasteiger partial charge >= 0.3 is 0 Å². The summed E-state index contributed by atoms with van der Waals surface area (Å²) >= 11 is 0. The van der Waals surface area contributed by atoms with Crippen LogP contribution >= 0.6 is 0 Å². The van der Waals surface area contributed by atoms with Crippen molar-refractivity contribution in [3.8, 4) is 23.3 Å². The van der Waals surface area contributed by atoms with Crippen LogP contribution in [-0.4, -0.2) is 34.1 Å². The van der Waals surface area contributed by atoms with Crippen molar-refractivity contribution >= 4 is 28.3 Å². The van der Waals surface area contributed by atoms with E-state index in [-0.39, 0.29) is 6.54 Å². The molecule has 0 unspecified atom stereocenters. The number of pyridine rings is 1. The van der Waals surface area contributed by atoms with Crippen molar-refractivity contribution in [1.29, 1.82) is 0 Å². The molecule has 0 radical (unpaired) electrons. The van der Waals surface area contributed by atoms with E-state index in [0.717, 1.165) is 39.2 Å². The molecule has 0 aliphatic heterocycles.